The Balaban J connectivity index is 1.46. The first-order valence-corrected chi connectivity index (χ1v) is 8.88. The van der Waals surface area contributed by atoms with Crippen molar-refractivity contribution in [3.8, 4) is 0 Å². The van der Waals surface area contributed by atoms with Crippen molar-refractivity contribution in [1.82, 2.24) is 9.80 Å². The lowest BCUT2D eigenvalue weighted by Crippen LogP contribution is -2.43. The summed E-state index contributed by atoms with van der Waals surface area (Å²) in [6.07, 6.45) is 7.29. The second kappa shape index (κ2) is 7.77. The Kier molecular flexibility index (Phi) is 5.49. The lowest BCUT2D eigenvalue weighted by atomic mass is 9.89. The first kappa shape index (κ1) is 15.5. The number of nitrogens with zero attached hydrogens (tertiary/aromatic N) is 2. The molecule has 0 bridgehead atoms. The fraction of sp³-hybridized carbons (Fsp3) is 0.632. The zero-order chi connectivity index (χ0) is 15.2. The van der Waals surface area contributed by atoms with Gasteiger partial charge in [-0.2, -0.15) is 0 Å². The molecule has 2 saturated heterocycles. The van der Waals surface area contributed by atoms with Gasteiger partial charge in [0.05, 0.1) is 6.54 Å². The summed E-state index contributed by atoms with van der Waals surface area (Å²) in [6.45, 7) is 4.68. The highest BCUT2D eigenvalue weighted by Crippen LogP contribution is 2.27. The van der Waals surface area contributed by atoms with Gasteiger partial charge in [0.25, 0.3) is 0 Å². The second-order valence-electron chi connectivity index (χ2n) is 6.76. The zero-order valence-electron chi connectivity index (χ0n) is 13.5. The van der Waals surface area contributed by atoms with Gasteiger partial charge < -0.3 is 4.90 Å². The summed E-state index contributed by atoms with van der Waals surface area (Å²) in [5, 5.41) is 0. The molecule has 2 aliphatic heterocycles. The molecular formula is C19H28N2O. The number of amides is 1. The highest BCUT2D eigenvalue weighted by molar-refractivity contribution is 5.78. The lowest BCUT2D eigenvalue weighted by Gasteiger charge is -2.33. The van der Waals surface area contributed by atoms with Crippen LogP contribution in [0.1, 0.15) is 50.0 Å². The second-order valence-corrected chi connectivity index (χ2v) is 6.76. The summed E-state index contributed by atoms with van der Waals surface area (Å²) >= 11 is 0. The van der Waals surface area contributed by atoms with Crippen molar-refractivity contribution < 1.29 is 4.79 Å². The number of carbonyl (C=O) groups excluding carboxylic acids is 1. The van der Waals surface area contributed by atoms with Crippen molar-refractivity contribution in [2.75, 3.05) is 32.7 Å². The van der Waals surface area contributed by atoms with Crippen LogP contribution in [0, 0.1) is 0 Å². The molecule has 3 heteroatoms. The molecule has 0 radical (unpaired) electrons. The molecule has 0 atom stereocenters. The van der Waals surface area contributed by atoms with E-state index in [1.54, 1.807) is 0 Å². The number of carbonyl (C=O) groups is 1. The highest BCUT2D eigenvalue weighted by Gasteiger charge is 2.24. The number of hydrogen-bond donors (Lipinski definition) is 0. The molecule has 0 saturated carbocycles. The van der Waals surface area contributed by atoms with Gasteiger partial charge in [-0.25, -0.2) is 0 Å². The SMILES string of the molecule is O=C(CN1CCC(c2ccccc2)CC1)N1CCCCCC1. The van der Waals surface area contributed by atoms with Crippen LogP contribution in [-0.4, -0.2) is 48.4 Å². The standard InChI is InChI=1S/C19H28N2O/c22-19(21-12-6-1-2-7-13-21)16-20-14-10-18(11-15-20)17-8-4-3-5-9-17/h3-5,8-9,18H,1-2,6-7,10-16H2. The Labute approximate surface area is 134 Å². The molecule has 120 valence electrons. The van der Waals surface area contributed by atoms with E-state index in [9.17, 15) is 4.79 Å². The number of benzene rings is 1. The third kappa shape index (κ3) is 4.10. The van der Waals surface area contributed by atoms with Crippen molar-refractivity contribution in [2.45, 2.75) is 44.4 Å². The van der Waals surface area contributed by atoms with Gasteiger partial charge in [-0.1, -0.05) is 43.2 Å². The van der Waals surface area contributed by atoms with E-state index in [0.717, 1.165) is 26.2 Å². The van der Waals surface area contributed by atoms with Gasteiger partial charge in [0, 0.05) is 13.1 Å². The fourth-order valence-corrected chi connectivity index (χ4v) is 3.76. The summed E-state index contributed by atoms with van der Waals surface area (Å²) in [7, 11) is 0. The maximum Gasteiger partial charge on any atom is 0.236 e. The van der Waals surface area contributed by atoms with E-state index in [2.05, 4.69) is 40.1 Å². The van der Waals surface area contributed by atoms with Crippen molar-refractivity contribution in [3.63, 3.8) is 0 Å². The first-order chi connectivity index (χ1) is 10.8. The van der Waals surface area contributed by atoms with E-state index < -0.39 is 0 Å². The van der Waals surface area contributed by atoms with Gasteiger partial charge in [-0.3, -0.25) is 9.69 Å². The van der Waals surface area contributed by atoms with E-state index in [0.29, 0.717) is 18.4 Å². The predicted octanol–water partition coefficient (Wildman–Crippen LogP) is 3.27. The predicted molar refractivity (Wildman–Crippen MR) is 89.9 cm³/mol. The summed E-state index contributed by atoms with van der Waals surface area (Å²) in [6, 6.07) is 10.8. The molecule has 3 nitrogen and oxygen atoms in total. The van der Waals surface area contributed by atoms with E-state index in [1.165, 1.54) is 44.1 Å². The molecule has 0 N–H and O–H groups in total. The van der Waals surface area contributed by atoms with E-state index in [-0.39, 0.29) is 0 Å². The monoisotopic (exact) mass is 300 g/mol. The summed E-state index contributed by atoms with van der Waals surface area (Å²) in [5.74, 6) is 1.02. The smallest absolute Gasteiger partial charge is 0.236 e. The highest BCUT2D eigenvalue weighted by atomic mass is 16.2. The molecule has 0 unspecified atom stereocenters. The number of piperidine rings is 1. The Morgan fingerprint density at radius 2 is 1.55 bits per heavy atom. The normalized spacial score (nSPS) is 21.5. The molecule has 1 aromatic carbocycles. The largest absolute Gasteiger partial charge is 0.342 e. The van der Waals surface area contributed by atoms with Crippen LogP contribution in [-0.2, 0) is 4.79 Å². The lowest BCUT2D eigenvalue weighted by molar-refractivity contribution is -0.132. The third-order valence-corrected chi connectivity index (χ3v) is 5.18. The maximum atomic E-state index is 12.5. The van der Waals surface area contributed by atoms with Gasteiger partial charge in [-0.05, 0) is 50.3 Å². The molecule has 0 aromatic heterocycles. The molecule has 2 heterocycles. The van der Waals surface area contributed by atoms with Crippen LogP contribution >= 0.6 is 0 Å². The Morgan fingerprint density at radius 3 is 2.18 bits per heavy atom. The zero-order valence-corrected chi connectivity index (χ0v) is 13.5. The summed E-state index contributed by atoms with van der Waals surface area (Å²) in [5.41, 5.74) is 1.46. The number of likely N-dealkylation sites (tertiary alicyclic amines) is 2. The van der Waals surface area contributed by atoms with E-state index >= 15 is 0 Å². The van der Waals surface area contributed by atoms with Gasteiger partial charge in [0.1, 0.15) is 0 Å². The fourth-order valence-electron chi connectivity index (χ4n) is 3.76. The minimum atomic E-state index is 0.347. The van der Waals surface area contributed by atoms with Crippen LogP contribution in [0.5, 0.6) is 0 Å². The molecule has 0 spiro atoms. The van der Waals surface area contributed by atoms with E-state index in [4.69, 9.17) is 0 Å². The van der Waals surface area contributed by atoms with Crippen molar-refractivity contribution in [1.29, 1.82) is 0 Å². The molecule has 2 fully saturated rings. The minimum Gasteiger partial charge on any atom is -0.342 e. The Bertz CT molecular complexity index is 458. The van der Waals surface area contributed by atoms with Gasteiger partial charge in [0.15, 0.2) is 0 Å². The number of hydrogen-bond acceptors (Lipinski definition) is 2. The van der Waals surface area contributed by atoms with E-state index in [1.807, 2.05) is 0 Å². The van der Waals surface area contributed by atoms with Crippen LogP contribution in [0.15, 0.2) is 30.3 Å². The van der Waals surface area contributed by atoms with Crippen LogP contribution in [0.4, 0.5) is 0 Å². The molecular weight excluding hydrogens is 272 g/mol. The molecule has 22 heavy (non-hydrogen) atoms. The molecule has 3 rings (SSSR count). The van der Waals surface area contributed by atoms with Crippen LogP contribution in [0.25, 0.3) is 0 Å². The van der Waals surface area contributed by atoms with Crippen LogP contribution < -0.4 is 0 Å². The van der Waals surface area contributed by atoms with Gasteiger partial charge >= 0.3 is 0 Å². The molecule has 1 aromatic rings. The van der Waals surface area contributed by atoms with Crippen molar-refractivity contribution in [3.05, 3.63) is 35.9 Å². The van der Waals surface area contributed by atoms with Gasteiger partial charge in [0.2, 0.25) is 5.91 Å². The summed E-state index contributed by atoms with van der Waals surface area (Å²) < 4.78 is 0. The van der Waals surface area contributed by atoms with Crippen molar-refractivity contribution >= 4 is 5.91 Å². The third-order valence-electron chi connectivity index (χ3n) is 5.18. The van der Waals surface area contributed by atoms with Crippen LogP contribution in [0.2, 0.25) is 0 Å². The topological polar surface area (TPSA) is 23.6 Å². The molecule has 1 amide bonds. The average Bonchev–Trinajstić information content (AvgIpc) is 2.86. The van der Waals surface area contributed by atoms with Crippen molar-refractivity contribution in [2.24, 2.45) is 0 Å². The summed E-state index contributed by atoms with van der Waals surface area (Å²) in [4.78, 5) is 16.9. The quantitative estimate of drug-likeness (QED) is 0.855. The van der Waals surface area contributed by atoms with Gasteiger partial charge in [-0.15, -0.1) is 0 Å². The average molecular weight is 300 g/mol. The Morgan fingerprint density at radius 1 is 0.909 bits per heavy atom. The maximum absolute atomic E-state index is 12.5. The molecule has 0 aliphatic carbocycles. The van der Waals surface area contributed by atoms with Crippen LogP contribution in [0.3, 0.4) is 0 Å². The number of rotatable bonds is 3. The first-order valence-electron chi connectivity index (χ1n) is 8.88. The molecule has 2 aliphatic rings. The Hall–Kier alpha value is -1.35. The minimum absolute atomic E-state index is 0.347.